The molecule has 0 saturated heterocycles. The predicted octanol–water partition coefficient (Wildman–Crippen LogP) is 3.69. The van der Waals surface area contributed by atoms with E-state index in [1.807, 2.05) is 62.5 Å². The standard InChI is InChI=1S/C21H19N3O/c1-14-19-17(20(24(14)2)16-11-7-4-8-12-16)13-18(22-23-21(19)25)15-9-5-3-6-10-15/h3-12H,13H2,1-2H3,(H,23,25). The minimum absolute atomic E-state index is 0.142. The number of benzene rings is 2. The minimum Gasteiger partial charge on any atom is -0.347 e. The fourth-order valence-electron chi connectivity index (χ4n) is 3.49. The summed E-state index contributed by atoms with van der Waals surface area (Å²) in [6, 6.07) is 20.2. The van der Waals surface area contributed by atoms with Crippen LogP contribution in [-0.2, 0) is 13.5 Å². The predicted molar refractivity (Wildman–Crippen MR) is 99.7 cm³/mol. The molecule has 25 heavy (non-hydrogen) atoms. The van der Waals surface area contributed by atoms with Gasteiger partial charge in [-0.2, -0.15) is 5.10 Å². The summed E-state index contributed by atoms with van der Waals surface area (Å²) in [7, 11) is 2.01. The van der Waals surface area contributed by atoms with Gasteiger partial charge in [0.05, 0.1) is 17.0 Å². The maximum atomic E-state index is 12.7. The van der Waals surface area contributed by atoms with Crippen LogP contribution < -0.4 is 5.43 Å². The van der Waals surface area contributed by atoms with Crippen molar-refractivity contribution in [1.82, 2.24) is 9.99 Å². The van der Waals surface area contributed by atoms with Crippen molar-refractivity contribution < 1.29 is 4.79 Å². The molecule has 2 heterocycles. The molecule has 0 fully saturated rings. The molecule has 0 bridgehead atoms. The highest BCUT2D eigenvalue weighted by atomic mass is 16.2. The Labute approximate surface area is 146 Å². The minimum atomic E-state index is -0.142. The largest absolute Gasteiger partial charge is 0.347 e. The van der Waals surface area contributed by atoms with Gasteiger partial charge in [0.15, 0.2) is 0 Å². The molecule has 4 heteroatoms. The van der Waals surface area contributed by atoms with E-state index in [1.54, 1.807) is 0 Å². The SMILES string of the molecule is Cc1c2c(c(-c3ccccc3)n1C)CC(c1ccccc1)=NNC2=O. The Hall–Kier alpha value is -3.14. The van der Waals surface area contributed by atoms with Gasteiger partial charge in [-0.15, -0.1) is 0 Å². The van der Waals surface area contributed by atoms with Crippen LogP contribution in [0, 0.1) is 6.92 Å². The lowest BCUT2D eigenvalue weighted by atomic mass is 9.96. The van der Waals surface area contributed by atoms with E-state index < -0.39 is 0 Å². The van der Waals surface area contributed by atoms with Gasteiger partial charge in [-0.1, -0.05) is 60.7 Å². The van der Waals surface area contributed by atoms with Gasteiger partial charge >= 0.3 is 0 Å². The molecule has 2 aromatic carbocycles. The third-order valence-corrected chi connectivity index (χ3v) is 4.81. The molecule has 124 valence electrons. The Bertz CT molecular complexity index is 969. The van der Waals surface area contributed by atoms with Crippen molar-refractivity contribution in [2.75, 3.05) is 0 Å². The first-order valence-electron chi connectivity index (χ1n) is 8.32. The molecule has 0 unspecified atom stereocenters. The molecule has 1 aliphatic rings. The van der Waals surface area contributed by atoms with Gasteiger partial charge in [-0.05, 0) is 23.6 Å². The van der Waals surface area contributed by atoms with E-state index in [-0.39, 0.29) is 5.91 Å². The van der Waals surface area contributed by atoms with E-state index >= 15 is 0 Å². The molecule has 1 N–H and O–H groups in total. The second-order valence-corrected chi connectivity index (χ2v) is 6.25. The van der Waals surface area contributed by atoms with Crippen molar-refractivity contribution >= 4 is 11.6 Å². The summed E-state index contributed by atoms with van der Waals surface area (Å²) in [6.45, 7) is 1.98. The molecule has 1 aliphatic heterocycles. The summed E-state index contributed by atoms with van der Waals surface area (Å²) in [6.07, 6.45) is 0.615. The Balaban J connectivity index is 1.91. The van der Waals surface area contributed by atoms with Crippen LogP contribution in [0.1, 0.15) is 27.2 Å². The van der Waals surface area contributed by atoms with Crippen LogP contribution in [0.4, 0.5) is 0 Å². The highest BCUT2D eigenvalue weighted by molar-refractivity contribution is 6.09. The topological polar surface area (TPSA) is 46.4 Å². The number of rotatable bonds is 2. The Morgan fingerprint density at radius 3 is 2.20 bits per heavy atom. The Morgan fingerprint density at radius 2 is 1.56 bits per heavy atom. The average molecular weight is 329 g/mol. The number of carbonyl (C=O) groups is 1. The first-order valence-corrected chi connectivity index (χ1v) is 8.32. The molecule has 3 aromatic rings. The molecule has 0 saturated carbocycles. The maximum absolute atomic E-state index is 12.7. The maximum Gasteiger partial charge on any atom is 0.273 e. The third-order valence-electron chi connectivity index (χ3n) is 4.81. The third kappa shape index (κ3) is 2.56. The highest BCUT2D eigenvalue weighted by Crippen LogP contribution is 2.33. The van der Waals surface area contributed by atoms with Gasteiger partial charge in [0.1, 0.15) is 0 Å². The molecule has 4 nitrogen and oxygen atoms in total. The van der Waals surface area contributed by atoms with Crippen LogP contribution in [0.25, 0.3) is 11.3 Å². The normalized spacial score (nSPS) is 13.7. The van der Waals surface area contributed by atoms with Crippen LogP contribution in [0.5, 0.6) is 0 Å². The van der Waals surface area contributed by atoms with Crippen LogP contribution in [0.2, 0.25) is 0 Å². The number of aromatic nitrogens is 1. The van der Waals surface area contributed by atoms with E-state index in [2.05, 4.69) is 27.2 Å². The summed E-state index contributed by atoms with van der Waals surface area (Å²) in [5, 5.41) is 4.37. The van der Waals surface area contributed by atoms with Crippen molar-refractivity contribution in [2.45, 2.75) is 13.3 Å². The summed E-state index contributed by atoms with van der Waals surface area (Å²) >= 11 is 0. The van der Waals surface area contributed by atoms with E-state index in [1.165, 1.54) is 0 Å². The van der Waals surface area contributed by atoms with Gasteiger partial charge in [0.25, 0.3) is 5.91 Å². The quantitative estimate of drug-likeness (QED) is 0.766. The number of nitrogens with zero attached hydrogens (tertiary/aromatic N) is 2. The Morgan fingerprint density at radius 1 is 0.960 bits per heavy atom. The lowest BCUT2D eigenvalue weighted by Crippen LogP contribution is -2.18. The summed E-state index contributed by atoms with van der Waals surface area (Å²) in [4.78, 5) is 12.7. The van der Waals surface area contributed by atoms with Gasteiger partial charge in [-0.25, -0.2) is 5.43 Å². The van der Waals surface area contributed by atoms with Gasteiger partial charge in [0, 0.05) is 19.2 Å². The monoisotopic (exact) mass is 329 g/mol. The summed E-state index contributed by atoms with van der Waals surface area (Å²) < 4.78 is 2.10. The Kier molecular flexibility index (Phi) is 3.73. The number of amides is 1. The first-order chi connectivity index (χ1) is 12.2. The molecule has 1 amide bonds. The van der Waals surface area contributed by atoms with E-state index in [4.69, 9.17) is 0 Å². The lowest BCUT2D eigenvalue weighted by Gasteiger charge is -2.10. The zero-order chi connectivity index (χ0) is 17.4. The first kappa shape index (κ1) is 15.4. The fraction of sp³-hybridized carbons (Fsp3) is 0.143. The fourth-order valence-corrected chi connectivity index (χ4v) is 3.49. The molecule has 0 atom stereocenters. The molecule has 0 aliphatic carbocycles. The second kappa shape index (κ2) is 6.06. The highest BCUT2D eigenvalue weighted by Gasteiger charge is 2.27. The molecular formula is C21H19N3O. The zero-order valence-corrected chi connectivity index (χ0v) is 14.3. The van der Waals surface area contributed by atoms with E-state index in [9.17, 15) is 4.79 Å². The number of nitrogens with one attached hydrogen (secondary N) is 1. The van der Waals surface area contributed by atoms with Crippen molar-refractivity contribution in [3.05, 3.63) is 83.0 Å². The number of hydrazone groups is 1. The zero-order valence-electron chi connectivity index (χ0n) is 14.3. The van der Waals surface area contributed by atoms with Crippen LogP contribution in [0.3, 0.4) is 0 Å². The van der Waals surface area contributed by atoms with Crippen LogP contribution in [-0.4, -0.2) is 16.2 Å². The molecule has 0 spiro atoms. The van der Waals surface area contributed by atoms with Gasteiger partial charge in [-0.3, -0.25) is 4.79 Å². The van der Waals surface area contributed by atoms with Crippen LogP contribution >= 0.6 is 0 Å². The van der Waals surface area contributed by atoms with Crippen molar-refractivity contribution in [3.63, 3.8) is 0 Å². The second-order valence-electron chi connectivity index (χ2n) is 6.25. The summed E-state index contributed by atoms with van der Waals surface area (Å²) in [5.41, 5.74) is 9.52. The molecule has 0 radical (unpaired) electrons. The smallest absolute Gasteiger partial charge is 0.273 e. The molecule has 4 rings (SSSR count). The number of hydrogen-bond donors (Lipinski definition) is 1. The summed E-state index contributed by atoms with van der Waals surface area (Å²) in [5.74, 6) is -0.142. The van der Waals surface area contributed by atoms with E-state index in [0.717, 1.165) is 39.4 Å². The number of carbonyl (C=O) groups excluding carboxylic acids is 1. The molecular weight excluding hydrogens is 310 g/mol. The average Bonchev–Trinajstić information content (AvgIpc) is 2.78. The van der Waals surface area contributed by atoms with Gasteiger partial charge in [0.2, 0.25) is 0 Å². The van der Waals surface area contributed by atoms with E-state index in [0.29, 0.717) is 6.42 Å². The van der Waals surface area contributed by atoms with Crippen molar-refractivity contribution in [3.8, 4) is 11.3 Å². The molecule has 1 aromatic heterocycles. The van der Waals surface area contributed by atoms with Gasteiger partial charge < -0.3 is 4.57 Å². The number of hydrogen-bond acceptors (Lipinski definition) is 2. The van der Waals surface area contributed by atoms with Crippen molar-refractivity contribution in [1.29, 1.82) is 0 Å². The lowest BCUT2D eigenvalue weighted by molar-refractivity contribution is 0.0954. The van der Waals surface area contributed by atoms with Crippen molar-refractivity contribution in [2.24, 2.45) is 12.1 Å². The van der Waals surface area contributed by atoms with Crippen LogP contribution in [0.15, 0.2) is 65.8 Å². The number of fused-ring (bicyclic) bond motifs is 1.